The fourth-order valence-corrected chi connectivity index (χ4v) is 1.13. The van der Waals surface area contributed by atoms with Crippen LogP contribution < -0.4 is 5.73 Å². The van der Waals surface area contributed by atoms with E-state index < -0.39 is 0 Å². The SMILES string of the molecule is BB.NC1CCCCC1. The Labute approximate surface area is 60.2 Å². The molecule has 0 spiro atoms. The lowest BCUT2D eigenvalue weighted by atomic mass is 9.81. The molecule has 1 aliphatic carbocycles. The normalized spacial score (nSPS) is 20.1. The minimum absolute atomic E-state index is 0.536. The zero-order valence-corrected chi connectivity index (χ0v) is 6.69. The van der Waals surface area contributed by atoms with Gasteiger partial charge in [0.15, 0.2) is 0 Å². The summed E-state index contributed by atoms with van der Waals surface area (Å²) in [4.78, 5) is 0. The summed E-state index contributed by atoms with van der Waals surface area (Å²) in [7, 11) is 4.00. The Kier molecular flexibility index (Phi) is 6.28. The molecule has 3 heteroatoms. The molecule has 9 heavy (non-hydrogen) atoms. The average molecular weight is 125 g/mol. The van der Waals surface area contributed by atoms with Gasteiger partial charge in [0, 0.05) is 6.04 Å². The Morgan fingerprint density at radius 3 is 1.67 bits per heavy atom. The third-order valence-corrected chi connectivity index (χ3v) is 1.65. The van der Waals surface area contributed by atoms with Crippen LogP contribution in [0.4, 0.5) is 0 Å². The van der Waals surface area contributed by atoms with E-state index >= 15 is 0 Å². The molecule has 52 valence electrons. The van der Waals surface area contributed by atoms with Gasteiger partial charge in [0.25, 0.3) is 0 Å². The zero-order valence-electron chi connectivity index (χ0n) is 6.69. The van der Waals surface area contributed by atoms with E-state index in [1.54, 1.807) is 0 Å². The molecule has 0 unspecified atom stereocenters. The van der Waals surface area contributed by atoms with E-state index in [2.05, 4.69) is 0 Å². The van der Waals surface area contributed by atoms with E-state index in [1.165, 1.54) is 32.1 Å². The van der Waals surface area contributed by atoms with Crippen molar-refractivity contribution in [3.63, 3.8) is 0 Å². The van der Waals surface area contributed by atoms with Crippen molar-refractivity contribution in [3.8, 4) is 0 Å². The fourth-order valence-electron chi connectivity index (χ4n) is 1.13. The Morgan fingerprint density at radius 1 is 1.00 bits per heavy atom. The van der Waals surface area contributed by atoms with Gasteiger partial charge in [0.05, 0.1) is 15.5 Å². The summed E-state index contributed by atoms with van der Waals surface area (Å²) in [6.07, 6.45) is 6.66. The lowest BCUT2D eigenvalue weighted by Gasteiger charge is -2.15. The summed E-state index contributed by atoms with van der Waals surface area (Å²) in [6, 6.07) is 0.536. The van der Waals surface area contributed by atoms with Crippen LogP contribution in [-0.4, -0.2) is 21.5 Å². The van der Waals surface area contributed by atoms with E-state index in [4.69, 9.17) is 5.73 Å². The van der Waals surface area contributed by atoms with Crippen molar-refractivity contribution >= 4 is 15.5 Å². The molecule has 0 atom stereocenters. The van der Waals surface area contributed by atoms with Gasteiger partial charge in [-0.2, -0.15) is 0 Å². The average Bonchev–Trinajstić information content (AvgIpc) is 1.94. The van der Waals surface area contributed by atoms with E-state index in [0.717, 1.165) is 0 Å². The van der Waals surface area contributed by atoms with Gasteiger partial charge < -0.3 is 5.73 Å². The van der Waals surface area contributed by atoms with Crippen molar-refractivity contribution in [2.24, 2.45) is 5.73 Å². The summed E-state index contributed by atoms with van der Waals surface area (Å²) >= 11 is 0. The number of hydrogen-bond acceptors (Lipinski definition) is 1. The highest BCUT2D eigenvalue weighted by molar-refractivity contribution is 6.75. The van der Waals surface area contributed by atoms with Crippen LogP contribution in [0, 0.1) is 0 Å². The first kappa shape index (κ1) is 9.09. The van der Waals surface area contributed by atoms with Crippen molar-refractivity contribution in [2.75, 3.05) is 0 Å². The van der Waals surface area contributed by atoms with Crippen LogP contribution in [0.15, 0.2) is 0 Å². The Bertz CT molecular complexity index is 53.0. The highest BCUT2D eigenvalue weighted by Gasteiger charge is 2.06. The largest absolute Gasteiger partial charge is 0.328 e. The summed E-state index contributed by atoms with van der Waals surface area (Å²) in [5.41, 5.74) is 5.63. The molecule has 1 nitrogen and oxygen atoms in total. The first-order valence-corrected chi connectivity index (χ1v) is 4.15. The third-order valence-electron chi connectivity index (χ3n) is 1.65. The highest BCUT2D eigenvalue weighted by Crippen LogP contribution is 2.14. The van der Waals surface area contributed by atoms with E-state index in [9.17, 15) is 0 Å². The van der Waals surface area contributed by atoms with Gasteiger partial charge in [-0.15, -0.1) is 0 Å². The first-order chi connectivity index (χ1) is 4.39. The lowest BCUT2D eigenvalue weighted by Crippen LogP contribution is -2.22. The van der Waals surface area contributed by atoms with Gasteiger partial charge in [-0.05, 0) is 12.8 Å². The molecule has 0 aromatic carbocycles. The van der Waals surface area contributed by atoms with Crippen LogP contribution in [0.1, 0.15) is 32.1 Å². The van der Waals surface area contributed by atoms with Gasteiger partial charge in [0.1, 0.15) is 0 Å². The van der Waals surface area contributed by atoms with Gasteiger partial charge in [-0.3, -0.25) is 0 Å². The standard InChI is InChI=1S/C6H13N.B2H4/c7-6-4-2-1-3-5-6;1-2/h6H,1-5,7H2;1-2H2. The molecule has 0 aliphatic heterocycles. The molecular formula is C6H17B2N. The Balaban J connectivity index is 0.000000291. The van der Waals surface area contributed by atoms with Crippen molar-refractivity contribution < 1.29 is 0 Å². The van der Waals surface area contributed by atoms with Crippen LogP contribution in [0.3, 0.4) is 0 Å². The van der Waals surface area contributed by atoms with Crippen molar-refractivity contribution in [3.05, 3.63) is 0 Å². The maximum absolute atomic E-state index is 5.63. The van der Waals surface area contributed by atoms with Gasteiger partial charge >= 0.3 is 0 Å². The molecule has 0 aromatic rings. The number of hydrogen-bond donors (Lipinski definition) is 1. The Morgan fingerprint density at radius 2 is 1.44 bits per heavy atom. The van der Waals surface area contributed by atoms with Gasteiger partial charge in [-0.25, -0.2) is 0 Å². The zero-order chi connectivity index (χ0) is 7.11. The predicted octanol–water partition coefficient (Wildman–Crippen LogP) is -0.555. The molecule has 0 heterocycles. The summed E-state index contributed by atoms with van der Waals surface area (Å²) < 4.78 is 0. The molecule has 2 N–H and O–H groups in total. The summed E-state index contributed by atoms with van der Waals surface area (Å²) in [5.74, 6) is 0. The Hall–Kier alpha value is 0.0899. The van der Waals surface area contributed by atoms with Crippen LogP contribution in [-0.2, 0) is 0 Å². The molecule has 1 saturated carbocycles. The predicted molar refractivity (Wildman–Crippen MR) is 48.1 cm³/mol. The van der Waals surface area contributed by atoms with Crippen LogP contribution in [0.2, 0.25) is 0 Å². The molecule has 0 saturated heterocycles. The first-order valence-electron chi connectivity index (χ1n) is 4.15. The fraction of sp³-hybridized carbons (Fsp3) is 1.00. The van der Waals surface area contributed by atoms with Gasteiger partial charge in [-0.1, -0.05) is 19.3 Å². The van der Waals surface area contributed by atoms with Crippen LogP contribution in [0.25, 0.3) is 0 Å². The topological polar surface area (TPSA) is 26.0 Å². The quantitative estimate of drug-likeness (QED) is 0.431. The maximum Gasteiger partial charge on any atom is 0.0643 e. The maximum atomic E-state index is 5.63. The van der Waals surface area contributed by atoms with Gasteiger partial charge in [0.2, 0.25) is 0 Å². The number of nitrogens with two attached hydrogens (primary N) is 1. The number of rotatable bonds is 0. The molecule has 0 bridgehead atoms. The smallest absolute Gasteiger partial charge is 0.0643 e. The van der Waals surface area contributed by atoms with Crippen LogP contribution >= 0.6 is 0 Å². The minimum atomic E-state index is 0.536. The molecule has 1 aliphatic rings. The second kappa shape index (κ2) is 6.21. The molecular weight excluding hydrogens is 108 g/mol. The second-order valence-electron chi connectivity index (χ2n) is 2.40. The van der Waals surface area contributed by atoms with E-state index in [0.29, 0.717) is 6.04 Å². The molecule has 0 radical (unpaired) electrons. The van der Waals surface area contributed by atoms with Crippen molar-refractivity contribution in [1.82, 2.24) is 0 Å². The second-order valence-corrected chi connectivity index (χ2v) is 2.40. The van der Waals surface area contributed by atoms with Crippen LogP contribution in [0.5, 0.6) is 0 Å². The third kappa shape index (κ3) is 4.58. The lowest BCUT2D eigenvalue weighted by molar-refractivity contribution is 0.441. The van der Waals surface area contributed by atoms with E-state index in [1.807, 2.05) is 15.5 Å². The molecule has 0 aromatic heterocycles. The molecule has 1 fully saturated rings. The molecule has 0 amide bonds. The van der Waals surface area contributed by atoms with Crippen molar-refractivity contribution in [1.29, 1.82) is 0 Å². The summed E-state index contributed by atoms with van der Waals surface area (Å²) in [5, 5.41) is 0. The summed E-state index contributed by atoms with van der Waals surface area (Å²) in [6.45, 7) is 0. The van der Waals surface area contributed by atoms with Crippen molar-refractivity contribution in [2.45, 2.75) is 38.1 Å². The van der Waals surface area contributed by atoms with E-state index in [-0.39, 0.29) is 0 Å². The highest BCUT2D eigenvalue weighted by atomic mass is 14.6. The minimum Gasteiger partial charge on any atom is -0.328 e. The monoisotopic (exact) mass is 125 g/mol. The molecule has 1 rings (SSSR count).